The summed E-state index contributed by atoms with van der Waals surface area (Å²) < 4.78 is 0. The highest BCUT2D eigenvalue weighted by Gasteiger charge is 2.17. The van der Waals surface area contributed by atoms with E-state index in [9.17, 15) is 9.59 Å². The number of rotatable bonds is 7. The molecule has 0 aromatic heterocycles. The fourth-order valence-corrected chi connectivity index (χ4v) is 1.26. The molecule has 1 unspecified atom stereocenters. The van der Waals surface area contributed by atoms with Gasteiger partial charge in [0.2, 0.25) is 0 Å². The lowest BCUT2D eigenvalue weighted by molar-refractivity contribution is -0.137. The molecule has 0 aliphatic heterocycles. The van der Waals surface area contributed by atoms with Crippen LogP contribution >= 0.6 is 0 Å². The molecule has 5 heteroatoms. The molecule has 0 saturated heterocycles. The Morgan fingerprint density at radius 1 is 1.65 bits per heavy atom. The number of carboxylic acid groups (broad SMARTS) is 1. The lowest BCUT2D eigenvalue weighted by atomic mass is 10.2. The van der Waals surface area contributed by atoms with Crippen molar-refractivity contribution in [2.45, 2.75) is 25.8 Å². The monoisotopic (exact) mass is 238 g/mol. The van der Waals surface area contributed by atoms with Gasteiger partial charge in [0.25, 0.3) is 0 Å². The first-order chi connectivity index (χ1) is 8.04. The summed E-state index contributed by atoms with van der Waals surface area (Å²) in [6, 6.07) is -0.850. The summed E-state index contributed by atoms with van der Waals surface area (Å²) in [4.78, 5) is 23.4. The van der Waals surface area contributed by atoms with Crippen LogP contribution in [-0.4, -0.2) is 41.1 Å². The Bertz CT molecular complexity index is 320. The number of terminal acetylenes is 1. The van der Waals surface area contributed by atoms with Crippen molar-refractivity contribution < 1.29 is 14.7 Å². The van der Waals surface area contributed by atoms with E-state index in [1.165, 1.54) is 6.08 Å². The molecule has 0 bridgehead atoms. The van der Waals surface area contributed by atoms with E-state index in [0.717, 1.165) is 11.3 Å². The summed E-state index contributed by atoms with van der Waals surface area (Å²) in [7, 11) is 0. The Kier molecular flexibility index (Phi) is 7.27. The summed E-state index contributed by atoms with van der Waals surface area (Å²) in [5.41, 5.74) is 0. The zero-order valence-electron chi connectivity index (χ0n) is 9.98. The minimum atomic E-state index is -1.07. The molecule has 0 spiro atoms. The number of hydrogen-bond donors (Lipinski definition) is 2. The van der Waals surface area contributed by atoms with Gasteiger partial charge >= 0.3 is 12.0 Å². The first kappa shape index (κ1) is 15.0. The number of aliphatic carboxylic acids is 1. The highest BCUT2D eigenvalue weighted by molar-refractivity contribution is 5.80. The molecule has 94 valence electrons. The van der Waals surface area contributed by atoms with Crippen molar-refractivity contribution in [1.82, 2.24) is 10.2 Å². The average molecular weight is 238 g/mol. The highest BCUT2D eigenvalue weighted by atomic mass is 16.4. The van der Waals surface area contributed by atoms with Gasteiger partial charge in [0.1, 0.15) is 6.54 Å². The highest BCUT2D eigenvalue weighted by Crippen LogP contribution is 1.98. The number of nitrogens with zero attached hydrogens (tertiary/aromatic N) is 1. The summed E-state index contributed by atoms with van der Waals surface area (Å²) in [6.07, 6.45) is 8.23. The Morgan fingerprint density at radius 3 is 2.71 bits per heavy atom. The molecule has 0 radical (unpaired) electrons. The predicted molar refractivity (Wildman–Crippen MR) is 65.5 cm³/mol. The van der Waals surface area contributed by atoms with Crippen LogP contribution in [0, 0.1) is 12.3 Å². The normalized spacial score (nSPS) is 11.1. The first-order valence-corrected chi connectivity index (χ1v) is 5.39. The number of urea groups is 1. The smallest absolute Gasteiger partial charge is 0.323 e. The molecule has 0 fully saturated rings. The Balaban J connectivity index is 4.45. The molecule has 0 aromatic carbocycles. The van der Waals surface area contributed by atoms with Crippen molar-refractivity contribution in [3.63, 3.8) is 0 Å². The molecule has 0 heterocycles. The van der Waals surface area contributed by atoms with Crippen molar-refractivity contribution in [3.8, 4) is 12.3 Å². The van der Waals surface area contributed by atoms with Crippen LogP contribution in [0.2, 0.25) is 0 Å². The molecule has 2 N–H and O–H groups in total. The van der Waals surface area contributed by atoms with E-state index in [1.807, 2.05) is 6.92 Å². The zero-order chi connectivity index (χ0) is 13.3. The fraction of sp³-hybridized carbons (Fsp3) is 0.500. The molecule has 2 amide bonds. The molecule has 0 aliphatic rings. The third-order valence-electron chi connectivity index (χ3n) is 2.04. The van der Waals surface area contributed by atoms with Crippen LogP contribution in [-0.2, 0) is 4.79 Å². The lowest BCUT2D eigenvalue weighted by Crippen LogP contribution is -2.46. The van der Waals surface area contributed by atoms with Crippen molar-refractivity contribution in [3.05, 3.63) is 12.7 Å². The molecule has 1 atom stereocenters. The van der Waals surface area contributed by atoms with Crippen LogP contribution in [0.4, 0.5) is 4.79 Å². The SMILES string of the molecule is C#CC(CCC)NC(=O)N(CC=C)CC(=O)O. The molecular formula is C12H18N2O3. The van der Waals surface area contributed by atoms with Gasteiger partial charge in [-0.1, -0.05) is 25.3 Å². The number of carbonyl (C=O) groups is 2. The third-order valence-corrected chi connectivity index (χ3v) is 2.04. The lowest BCUT2D eigenvalue weighted by Gasteiger charge is -2.21. The summed E-state index contributed by atoms with van der Waals surface area (Å²) in [5.74, 6) is 1.38. The van der Waals surface area contributed by atoms with Crippen molar-refractivity contribution in [2.75, 3.05) is 13.1 Å². The van der Waals surface area contributed by atoms with E-state index < -0.39 is 12.0 Å². The number of carboxylic acids is 1. The van der Waals surface area contributed by atoms with Crippen LogP contribution < -0.4 is 5.32 Å². The van der Waals surface area contributed by atoms with Gasteiger partial charge in [-0.2, -0.15) is 0 Å². The van der Waals surface area contributed by atoms with Crippen LogP contribution in [0.25, 0.3) is 0 Å². The van der Waals surface area contributed by atoms with Crippen LogP contribution in [0.15, 0.2) is 12.7 Å². The summed E-state index contributed by atoms with van der Waals surface area (Å²) in [5, 5.41) is 11.3. The minimum absolute atomic E-state index is 0.168. The quantitative estimate of drug-likeness (QED) is 0.515. The van der Waals surface area contributed by atoms with Crippen molar-refractivity contribution in [1.29, 1.82) is 0 Å². The van der Waals surface area contributed by atoms with Gasteiger partial charge in [-0.05, 0) is 6.42 Å². The van der Waals surface area contributed by atoms with Gasteiger partial charge in [0.05, 0.1) is 6.04 Å². The number of amides is 2. The topological polar surface area (TPSA) is 69.6 Å². The van der Waals surface area contributed by atoms with E-state index in [1.54, 1.807) is 0 Å². The minimum Gasteiger partial charge on any atom is -0.480 e. The van der Waals surface area contributed by atoms with Gasteiger partial charge in [-0.3, -0.25) is 4.79 Å². The number of carbonyl (C=O) groups excluding carboxylic acids is 1. The largest absolute Gasteiger partial charge is 0.480 e. The van der Waals surface area contributed by atoms with Gasteiger partial charge in [0.15, 0.2) is 0 Å². The van der Waals surface area contributed by atoms with E-state index in [-0.39, 0.29) is 19.1 Å². The Labute approximate surface area is 101 Å². The molecule has 0 aliphatic carbocycles. The maximum absolute atomic E-state index is 11.7. The molecule has 0 rings (SSSR count). The zero-order valence-corrected chi connectivity index (χ0v) is 9.98. The van der Waals surface area contributed by atoms with Crippen LogP contribution in [0.5, 0.6) is 0 Å². The maximum Gasteiger partial charge on any atom is 0.323 e. The molecule has 0 saturated carbocycles. The van der Waals surface area contributed by atoms with Crippen LogP contribution in [0.3, 0.4) is 0 Å². The maximum atomic E-state index is 11.7. The van der Waals surface area contributed by atoms with Crippen molar-refractivity contribution >= 4 is 12.0 Å². The average Bonchev–Trinajstić information content (AvgIpc) is 2.27. The Hall–Kier alpha value is -1.96. The second-order valence-corrected chi connectivity index (χ2v) is 3.52. The summed E-state index contributed by atoms with van der Waals surface area (Å²) in [6.45, 7) is 5.22. The van der Waals surface area contributed by atoms with E-state index in [4.69, 9.17) is 11.5 Å². The van der Waals surface area contributed by atoms with Gasteiger partial charge in [-0.15, -0.1) is 13.0 Å². The van der Waals surface area contributed by atoms with Gasteiger partial charge in [-0.25, -0.2) is 4.79 Å². The van der Waals surface area contributed by atoms with E-state index >= 15 is 0 Å². The van der Waals surface area contributed by atoms with E-state index in [2.05, 4.69) is 17.8 Å². The predicted octanol–water partition coefficient (Wildman–Crippen LogP) is 1.07. The van der Waals surface area contributed by atoms with E-state index in [0.29, 0.717) is 6.42 Å². The van der Waals surface area contributed by atoms with Crippen molar-refractivity contribution in [2.24, 2.45) is 0 Å². The number of hydrogen-bond acceptors (Lipinski definition) is 2. The second-order valence-electron chi connectivity index (χ2n) is 3.52. The van der Waals surface area contributed by atoms with Gasteiger partial charge in [0, 0.05) is 6.54 Å². The standard InChI is InChI=1S/C12H18N2O3/c1-4-7-10(6-3)13-12(17)14(8-5-2)9-11(15)16/h3,5,10H,2,4,7-9H2,1H3,(H,13,17)(H,15,16). The second kappa shape index (κ2) is 8.22. The first-order valence-electron chi connectivity index (χ1n) is 5.39. The summed E-state index contributed by atoms with van der Waals surface area (Å²) >= 11 is 0. The van der Waals surface area contributed by atoms with Gasteiger partial charge < -0.3 is 15.3 Å². The molecular weight excluding hydrogens is 220 g/mol. The number of nitrogens with one attached hydrogen (secondary N) is 1. The van der Waals surface area contributed by atoms with Crippen LogP contribution in [0.1, 0.15) is 19.8 Å². The fourth-order valence-electron chi connectivity index (χ4n) is 1.26. The third kappa shape index (κ3) is 6.25. The molecule has 17 heavy (non-hydrogen) atoms. The molecule has 0 aromatic rings. The Morgan fingerprint density at radius 2 is 2.29 bits per heavy atom. The molecule has 5 nitrogen and oxygen atoms in total.